The van der Waals surface area contributed by atoms with E-state index in [0.717, 1.165) is 0 Å². The summed E-state index contributed by atoms with van der Waals surface area (Å²) in [6, 6.07) is 16.0. The predicted octanol–water partition coefficient (Wildman–Crippen LogP) is 4.26. The van der Waals surface area contributed by atoms with Gasteiger partial charge in [0, 0.05) is 27.3 Å². The third kappa shape index (κ3) is 4.90. The molecule has 0 saturated carbocycles. The summed E-state index contributed by atoms with van der Waals surface area (Å²) in [6.45, 7) is 0. The number of hydrogen-bond acceptors (Lipinski definition) is 5. The molecule has 0 aliphatic carbocycles. The van der Waals surface area contributed by atoms with Gasteiger partial charge in [0.05, 0.1) is 9.92 Å². The van der Waals surface area contributed by atoms with Gasteiger partial charge in [-0.05, 0) is 54.6 Å². The summed E-state index contributed by atoms with van der Waals surface area (Å²) < 4.78 is 22.7. The Hall–Kier alpha value is -2.55. The second-order valence-corrected chi connectivity index (χ2v) is 8.30. The Morgan fingerprint density at radius 2 is 1.38 bits per heavy atom. The first-order valence-electron chi connectivity index (χ1n) is 7.95. The maximum absolute atomic E-state index is 13.0. The van der Waals surface area contributed by atoms with Crippen molar-refractivity contribution in [2.75, 3.05) is 0 Å². The van der Waals surface area contributed by atoms with Crippen molar-refractivity contribution in [1.82, 2.24) is 6.15 Å². The molecule has 5 N–H and O–H groups in total. The zero-order valence-electron chi connectivity index (χ0n) is 14.9. The molecular weight excluding hydrogens is 435 g/mol. The zero-order chi connectivity index (χ0) is 20.5. The fourth-order valence-electron chi connectivity index (χ4n) is 2.64. The van der Waals surface area contributed by atoms with Gasteiger partial charge in [-0.3, -0.25) is 9.59 Å². The van der Waals surface area contributed by atoms with Crippen LogP contribution < -0.4 is 11.3 Å². The number of sulfonamides is 1. The van der Waals surface area contributed by atoms with Crippen molar-refractivity contribution in [2.45, 2.75) is 4.90 Å². The molecule has 0 fully saturated rings. The lowest BCUT2D eigenvalue weighted by atomic mass is 9.93. The average molecular weight is 451 g/mol. The Bertz CT molecular complexity index is 1190. The number of carbonyl (C=O) groups is 2. The van der Waals surface area contributed by atoms with Crippen LogP contribution in [0.4, 0.5) is 0 Å². The fourth-order valence-corrected chi connectivity index (χ4v) is 3.55. The molecule has 0 atom stereocenters. The molecule has 0 aliphatic heterocycles. The molecule has 6 nitrogen and oxygen atoms in total. The molecule has 3 aromatic carbocycles. The van der Waals surface area contributed by atoms with Crippen LogP contribution in [0.3, 0.4) is 0 Å². The topological polar surface area (TPSA) is 129 Å². The SMILES string of the molecule is N.NS(=O)(=O)c1ccc(C(=O)c2ccc(Cl)cc2C(=O)c2ccccc2Cl)cc1. The second kappa shape index (κ2) is 8.86. The van der Waals surface area contributed by atoms with E-state index in [-0.39, 0.29) is 43.3 Å². The molecule has 0 bridgehead atoms. The molecule has 150 valence electrons. The normalized spacial score (nSPS) is 10.9. The lowest BCUT2D eigenvalue weighted by Crippen LogP contribution is -2.13. The van der Waals surface area contributed by atoms with Crippen molar-refractivity contribution in [3.8, 4) is 0 Å². The van der Waals surface area contributed by atoms with E-state index in [1.807, 2.05) is 0 Å². The molecule has 0 radical (unpaired) electrons. The van der Waals surface area contributed by atoms with Crippen molar-refractivity contribution < 1.29 is 18.0 Å². The Labute approximate surface area is 177 Å². The van der Waals surface area contributed by atoms with Crippen LogP contribution in [0.25, 0.3) is 0 Å². The van der Waals surface area contributed by atoms with E-state index in [2.05, 4.69) is 0 Å². The van der Waals surface area contributed by atoms with Gasteiger partial charge in [0.25, 0.3) is 0 Å². The average Bonchev–Trinajstić information content (AvgIpc) is 2.66. The van der Waals surface area contributed by atoms with Gasteiger partial charge in [0.1, 0.15) is 0 Å². The van der Waals surface area contributed by atoms with E-state index >= 15 is 0 Å². The van der Waals surface area contributed by atoms with Crippen LogP contribution in [-0.4, -0.2) is 20.0 Å². The van der Waals surface area contributed by atoms with Crippen molar-refractivity contribution in [1.29, 1.82) is 0 Å². The minimum Gasteiger partial charge on any atom is -0.344 e. The summed E-state index contributed by atoms with van der Waals surface area (Å²) in [6.07, 6.45) is 0. The van der Waals surface area contributed by atoms with Crippen molar-refractivity contribution >= 4 is 44.8 Å². The number of rotatable bonds is 5. The third-order valence-corrected chi connectivity index (χ3v) is 5.53. The summed E-state index contributed by atoms with van der Waals surface area (Å²) in [4.78, 5) is 25.8. The van der Waals surface area contributed by atoms with E-state index in [1.54, 1.807) is 24.3 Å². The molecular formula is C20H16Cl2N2O4S. The van der Waals surface area contributed by atoms with Crippen LogP contribution in [0.15, 0.2) is 71.6 Å². The van der Waals surface area contributed by atoms with Gasteiger partial charge in [-0.2, -0.15) is 0 Å². The molecule has 29 heavy (non-hydrogen) atoms. The van der Waals surface area contributed by atoms with Crippen molar-refractivity contribution in [3.63, 3.8) is 0 Å². The quantitative estimate of drug-likeness (QED) is 0.560. The largest absolute Gasteiger partial charge is 0.344 e. The number of ketones is 2. The first kappa shape index (κ1) is 22.7. The molecule has 3 rings (SSSR count). The van der Waals surface area contributed by atoms with E-state index in [1.165, 1.54) is 42.5 Å². The molecule has 0 amide bonds. The van der Waals surface area contributed by atoms with Gasteiger partial charge in [0.2, 0.25) is 10.0 Å². The highest BCUT2D eigenvalue weighted by Crippen LogP contribution is 2.25. The summed E-state index contributed by atoms with van der Waals surface area (Å²) in [5.74, 6) is -0.911. The maximum atomic E-state index is 13.0. The van der Waals surface area contributed by atoms with Crippen LogP contribution in [0.5, 0.6) is 0 Å². The van der Waals surface area contributed by atoms with Crippen LogP contribution >= 0.6 is 23.2 Å². The van der Waals surface area contributed by atoms with E-state index in [0.29, 0.717) is 0 Å². The monoisotopic (exact) mass is 450 g/mol. The second-order valence-electron chi connectivity index (χ2n) is 5.90. The standard InChI is InChI=1S/C20H13Cl2NO4S.H3N/c21-13-7-10-15(17(11-13)20(25)16-3-1-2-4-18(16)22)19(24)12-5-8-14(9-6-12)28(23,26)27;/h1-11H,(H2,23,26,27);1H3. The highest BCUT2D eigenvalue weighted by atomic mass is 35.5. The lowest BCUT2D eigenvalue weighted by molar-refractivity contribution is 0.100. The van der Waals surface area contributed by atoms with Gasteiger partial charge in [0.15, 0.2) is 11.6 Å². The Morgan fingerprint density at radius 3 is 1.97 bits per heavy atom. The number of primary sulfonamides is 1. The van der Waals surface area contributed by atoms with Crippen LogP contribution in [0.1, 0.15) is 31.8 Å². The Morgan fingerprint density at radius 1 is 0.759 bits per heavy atom. The van der Waals surface area contributed by atoms with Crippen molar-refractivity contribution in [2.24, 2.45) is 5.14 Å². The highest BCUT2D eigenvalue weighted by Gasteiger charge is 2.22. The van der Waals surface area contributed by atoms with Crippen LogP contribution in [-0.2, 0) is 10.0 Å². The van der Waals surface area contributed by atoms with Gasteiger partial charge >= 0.3 is 0 Å². The fraction of sp³-hybridized carbons (Fsp3) is 0. The summed E-state index contributed by atoms with van der Waals surface area (Å²) in [5.41, 5.74) is 0.659. The molecule has 0 aromatic heterocycles. The molecule has 0 heterocycles. The van der Waals surface area contributed by atoms with Crippen molar-refractivity contribution in [3.05, 3.63) is 99.0 Å². The lowest BCUT2D eigenvalue weighted by Gasteiger charge is -2.10. The number of benzene rings is 3. The Balaban J connectivity index is 0.00000300. The zero-order valence-corrected chi connectivity index (χ0v) is 17.3. The third-order valence-electron chi connectivity index (χ3n) is 4.03. The summed E-state index contributed by atoms with van der Waals surface area (Å²) in [5, 5.41) is 5.61. The Kier molecular flexibility index (Phi) is 6.94. The molecule has 0 saturated heterocycles. The van der Waals surface area contributed by atoms with Gasteiger partial charge in [-0.25, -0.2) is 13.6 Å². The first-order chi connectivity index (χ1) is 13.2. The van der Waals surface area contributed by atoms with Gasteiger partial charge in [-0.15, -0.1) is 0 Å². The number of hydrogen-bond donors (Lipinski definition) is 2. The number of nitrogens with two attached hydrogens (primary N) is 1. The first-order valence-corrected chi connectivity index (χ1v) is 10.2. The minimum atomic E-state index is -3.88. The van der Waals surface area contributed by atoms with Crippen LogP contribution in [0.2, 0.25) is 10.0 Å². The molecule has 0 aliphatic rings. The summed E-state index contributed by atoms with van der Waals surface area (Å²) in [7, 11) is -3.88. The van der Waals surface area contributed by atoms with Crippen LogP contribution in [0, 0.1) is 0 Å². The molecule has 9 heteroatoms. The van der Waals surface area contributed by atoms with Gasteiger partial charge in [-0.1, -0.05) is 35.3 Å². The van der Waals surface area contributed by atoms with E-state index < -0.39 is 21.6 Å². The molecule has 3 aromatic rings. The maximum Gasteiger partial charge on any atom is 0.238 e. The predicted molar refractivity (Wildman–Crippen MR) is 113 cm³/mol. The smallest absolute Gasteiger partial charge is 0.238 e. The number of carbonyl (C=O) groups excluding carboxylic acids is 2. The summed E-state index contributed by atoms with van der Waals surface area (Å²) >= 11 is 12.1. The molecule has 0 unspecified atom stereocenters. The number of halogens is 2. The van der Waals surface area contributed by atoms with E-state index in [9.17, 15) is 18.0 Å². The van der Waals surface area contributed by atoms with E-state index in [4.69, 9.17) is 28.3 Å². The van der Waals surface area contributed by atoms with Gasteiger partial charge < -0.3 is 6.15 Å². The highest BCUT2D eigenvalue weighted by molar-refractivity contribution is 7.89. The minimum absolute atomic E-state index is 0. The molecule has 0 spiro atoms.